The molecular weight excluding hydrogens is 320 g/mol. The number of hydrogen-bond donors (Lipinski definition) is 2. The van der Waals surface area contributed by atoms with E-state index in [1.807, 2.05) is 30.0 Å². The molecule has 2 aromatic rings. The lowest BCUT2D eigenvalue weighted by atomic mass is 9.93. The van der Waals surface area contributed by atoms with Gasteiger partial charge in [-0.25, -0.2) is 0 Å². The molecule has 2 heterocycles. The number of fused-ring (bicyclic) bond motifs is 1. The molecular formula is C19H24N2O2S. The summed E-state index contributed by atoms with van der Waals surface area (Å²) < 4.78 is 0. The molecule has 0 spiro atoms. The second kappa shape index (κ2) is 8.73. The molecule has 0 unspecified atom stereocenters. The van der Waals surface area contributed by atoms with Gasteiger partial charge < -0.3 is 10.7 Å². The van der Waals surface area contributed by atoms with Gasteiger partial charge in [0.15, 0.2) is 0 Å². The van der Waals surface area contributed by atoms with Crippen molar-refractivity contribution >= 4 is 28.6 Å². The number of hydrogen-bond acceptors (Lipinski definition) is 3. The van der Waals surface area contributed by atoms with Gasteiger partial charge in [0.05, 0.1) is 0 Å². The summed E-state index contributed by atoms with van der Waals surface area (Å²) in [6.07, 6.45) is 5.60. The molecule has 0 fully saturated rings. The molecule has 4 nitrogen and oxygen atoms in total. The van der Waals surface area contributed by atoms with Crippen LogP contribution in [0.1, 0.15) is 54.9 Å². The van der Waals surface area contributed by atoms with E-state index in [0.717, 1.165) is 23.7 Å². The van der Waals surface area contributed by atoms with E-state index in [9.17, 15) is 9.59 Å². The molecule has 1 aliphatic heterocycles. The number of rotatable bonds is 4. The zero-order valence-corrected chi connectivity index (χ0v) is 15.0. The first-order valence-electron chi connectivity index (χ1n) is 8.30. The van der Waals surface area contributed by atoms with Gasteiger partial charge >= 0.3 is 0 Å². The summed E-state index contributed by atoms with van der Waals surface area (Å²) >= 11 is 1.89. The number of nitrogens with two attached hydrogens (primary N) is 1. The third-order valence-corrected chi connectivity index (χ3v) is 5.04. The molecule has 1 aromatic carbocycles. The molecule has 5 heteroatoms. The average Bonchev–Trinajstić information content (AvgIpc) is 3.14. The Balaban J connectivity index is 0.000000355. The topological polar surface area (TPSA) is 76.0 Å². The Kier molecular flexibility index (Phi) is 6.67. The van der Waals surface area contributed by atoms with Gasteiger partial charge in [-0.1, -0.05) is 32.1 Å². The van der Waals surface area contributed by atoms with E-state index in [1.165, 1.54) is 17.7 Å². The maximum Gasteiger partial charge on any atom is 0.261 e. The fraction of sp³-hybridized carbons (Fsp3) is 0.368. The molecule has 1 aromatic heterocycles. The van der Waals surface area contributed by atoms with E-state index in [4.69, 9.17) is 5.73 Å². The average molecular weight is 344 g/mol. The second-order valence-corrected chi connectivity index (χ2v) is 6.78. The lowest BCUT2D eigenvalue weighted by Gasteiger charge is -2.13. The monoisotopic (exact) mass is 344 g/mol. The molecule has 0 radical (unpaired) electrons. The zero-order valence-electron chi connectivity index (χ0n) is 14.2. The Morgan fingerprint density at radius 3 is 2.54 bits per heavy atom. The molecule has 24 heavy (non-hydrogen) atoms. The molecule has 0 atom stereocenters. The maximum absolute atomic E-state index is 11.7. The van der Waals surface area contributed by atoms with Crippen molar-refractivity contribution in [2.75, 3.05) is 5.75 Å². The van der Waals surface area contributed by atoms with Gasteiger partial charge in [0.2, 0.25) is 0 Å². The van der Waals surface area contributed by atoms with E-state index in [2.05, 4.69) is 30.3 Å². The van der Waals surface area contributed by atoms with E-state index in [1.54, 1.807) is 6.07 Å². The van der Waals surface area contributed by atoms with Crippen LogP contribution in [0, 0.1) is 0 Å². The molecule has 3 N–H and O–H groups in total. The first kappa shape index (κ1) is 18.3. The highest BCUT2D eigenvalue weighted by molar-refractivity contribution is 8.02. The fourth-order valence-electron chi connectivity index (χ4n) is 2.76. The van der Waals surface area contributed by atoms with Crippen molar-refractivity contribution in [1.82, 2.24) is 4.98 Å². The number of aromatic amines is 1. The number of aromatic nitrogens is 1. The molecule has 0 aliphatic carbocycles. The Bertz CT molecular complexity index is 786. The normalized spacial score (nSPS) is 13.1. The van der Waals surface area contributed by atoms with Gasteiger partial charge in [0.1, 0.15) is 5.56 Å². The van der Waals surface area contributed by atoms with Gasteiger partial charge in [-0.05, 0) is 53.7 Å². The van der Waals surface area contributed by atoms with Crippen LogP contribution in [0.5, 0.6) is 0 Å². The zero-order chi connectivity index (χ0) is 17.5. The first-order chi connectivity index (χ1) is 11.6. The van der Waals surface area contributed by atoms with Crippen molar-refractivity contribution in [3.8, 4) is 0 Å². The Morgan fingerprint density at radius 1 is 1.29 bits per heavy atom. The van der Waals surface area contributed by atoms with Crippen LogP contribution in [0.4, 0.5) is 0 Å². The highest BCUT2D eigenvalue weighted by Gasteiger charge is 2.11. The smallest absolute Gasteiger partial charge is 0.261 e. The molecule has 0 bridgehead atoms. The third-order valence-electron chi connectivity index (χ3n) is 4.19. The minimum absolute atomic E-state index is 0.00258. The summed E-state index contributed by atoms with van der Waals surface area (Å²) in [5.74, 6) is 1.09. The molecule has 1 aliphatic rings. The summed E-state index contributed by atoms with van der Waals surface area (Å²) in [6, 6.07) is 7.50. The number of nitrogens with one attached hydrogen (secondary N) is 1. The number of H-pyrrole nitrogens is 1. The van der Waals surface area contributed by atoms with Crippen LogP contribution in [0.25, 0.3) is 10.9 Å². The van der Waals surface area contributed by atoms with Crippen LogP contribution in [0.3, 0.4) is 0 Å². The molecule has 0 saturated heterocycles. The Hall–Kier alpha value is -2.01. The van der Waals surface area contributed by atoms with E-state index in [0.29, 0.717) is 5.92 Å². The van der Waals surface area contributed by atoms with E-state index in [-0.39, 0.29) is 5.56 Å². The van der Waals surface area contributed by atoms with Gasteiger partial charge in [0.25, 0.3) is 11.5 Å². The highest BCUT2D eigenvalue weighted by atomic mass is 32.2. The standard InChI is InChI=1S/C15H18N2O2.C4H6S/c1-3-9(4-2)10-5-6-11-7-12(14(16)18)15(19)17-13(11)8-10;1-2-4-5-3-1/h5-9H,3-4H2,1-2H3,(H2,16,18)(H,17,19);1,3H,2,4H2. The minimum Gasteiger partial charge on any atom is -0.365 e. The van der Waals surface area contributed by atoms with Crippen LogP contribution in [0.2, 0.25) is 0 Å². The van der Waals surface area contributed by atoms with E-state index < -0.39 is 11.5 Å². The minimum atomic E-state index is -0.702. The largest absolute Gasteiger partial charge is 0.365 e. The Morgan fingerprint density at radius 2 is 2.04 bits per heavy atom. The van der Waals surface area contributed by atoms with Crippen LogP contribution >= 0.6 is 11.8 Å². The van der Waals surface area contributed by atoms with Crippen molar-refractivity contribution < 1.29 is 4.79 Å². The molecule has 1 amide bonds. The van der Waals surface area contributed by atoms with Crippen LogP contribution in [-0.4, -0.2) is 16.6 Å². The van der Waals surface area contributed by atoms with Crippen molar-refractivity contribution in [2.24, 2.45) is 5.73 Å². The number of carbonyl (C=O) groups is 1. The number of thioether (sulfide) groups is 1. The van der Waals surface area contributed by atoms with E-state index >= 15 is 0 Å². The lowest BCUT2D eigenvalue weighted by Crippen LogP contribution is -2.23. The summed E-state index contributed by atoms with van der Waals surface area (Å²) in [7, 11) is 0. The van der Waals surface area contributed by atoms with Gasteiger partial charge in [0, 0.05) is 11.3 Å². The van der Waals surface area contributed by atoms with Gasteiger partial charge in [-0.15, -0.1) is 11.8 Å². The SMILES string of the molecule is C1=CSCC1.CCC(CC)c1ccc2cc(C(N)=O)c(=O)[nH]c2c1. The predicted molar refractivity (Wildman–Crippen MR) is 103 cm³/mol. The number of allylic oxidation sites excluding steroid dienone is 1. The maximum atomic E-state index is 11.7. The van der Waals surface area contributed by atoms with Crippen molar-refractivity contribution in [3.63, 3.8) is 0 Å². The molecule has 128 valence electrons. The number of benzene rings is 1. The number of carbonyl (C=O) groups excluding carboxylic acids is 1. The summed E-state index contributed by atoms with van der Waals surface area (Å²) in [4.78, 5) is 25.6. The summed E-state index contributed by atoms with van der Waals surface area (Å²) in [5.41, 5.74) is 6.70. The summed E-state index contributed by atoms with van der Waals surface area (Å²) in [6.45, 7) is 4.30. The predicted octanol–water partition coefficient (Wildman–Crippen LogP) is 4.17. The van der Waals surface area contributed by atoms with Crippen LogP contribution in [0.15, 0.2) is 40.5 Å². The second-order valence-electron chi connectivity index (χ2n) is 5.77. The number of amides is 1. The van der Waals surface area contributed by atoms with Crippen LogP contribution < -0.4 is 11.3 Å². The van der Waals surface area contributed by atoms with Crippen molar-refractivity contribution in [3.05, 3.63) is 57.2 Å². The van der Waals surface area contributed by atoms with Crippen molar-refractivity contribution in [1.29, 1.82) is 0 Å². The molecule has 0 saturated carbocycles. The van der Waals surface area contributed by atoms with Gasteiger partial charge in [-0.2, -0.15) is 0 Å². The lowest BCUT2D eigenvalue weighted by molar-refractivity contribution is 0.0999. The highest BCUT2D eigenvalue weighted by Crippen LogP contribution is 2.25. The van der Waals surface area contributed by atoms with Crippen LogP contribution in [-0.2, 0) is 0 Å². The number of primary amides is 1. The third kappa shape index (κ3) is 4.51. The first-order valence-corrected chi connectivity index (χ1v) is 9.35. The summed E-state index contributed by atoms with van der Waals surface area (Å²) in [5, 5.41) is 2.98. The Labute approximate surface area is 146 Å². The fourth-order valence-corrected chi connectivity index (χ4v) is 3.44. The number of pyridine rings is 1. The van der Waals surface area contributed by atoms with Gasteiger partial charge in [-0.3, -0.25) is 9.59 Å². The molecule has 3 rings (SSSR count). The van der Waals surface area contributed by atoms with Crippen molar-refractivity contribution in [2.45, 2.75) is 39.0 Å². The quantitative estimate of drug-likeness (QED) is 0.874.